The predicted molar refractivity (Wildman–Crippen MR) is 94.5 cm³/mol. The van der Waals surface area contributed by atoms with Crippen molar-refractivity contribution < 1.29 is 4.79 Å². The maximum atomic E-state index is 12.4. The molecule has 1 aromatic carbocycles. The summed E-state index contributed by atoms with van der Waals surface area (Å²) >= 11 is 1.71. The van der Waals surface area contributed by atoms with Gasteiger partial charge in [0.1, 0.15) is 0 Å². The Hall–Kier alpha value is -2.40. The summed E-state index contributed by atoms with van der Waals surface area (Å²) in [6.45, 7) is 2.58. The van der Waals surface area contributed by atoms with Gasteiger partial charge in [0.2, 0.25) is 0 Å². The van der Waals surface area contributed by atoms with E-state index in [-0.39, 0.29) is 12.1 Å². The van der Waals surface area contributed by atoms with Crippen LogP contribution in [-0.4, -0.2) is 23.0 Å². The maximum absolute atomic E-state index is 12.4. The van der Waals surface area contributed by atoms with Crippen LogP contribution in [0.5, 0.6) is 0 Å². The average molecular weight is 325 g/mol. The van der Waals surface area contributed by atoms with Gasteiger partial charge in [-0.2, -0.15) is 0 Å². The second kappa shape index (κ2) is 6.79. The highest BCUT2D eigenvalue weighted by Gasteiger charge is 2.16. The first-order valence-corrected chi connectivity index (χ1v) is 8.40. The first kappa shape index (κ1) is 15.5. The fraction of sp³-hybridized carbons (Fsp3) is 0.222. The summed E-state index contributed by atoms with van der Waals surface area (Å²) in [4.78, 5) is 18.1. The molecule has 0 aliphatic rings. The largest absolute Gasteiger partial charge is 0.331 e. The van der Waals surface area contributed by atoms with Crippen LogP contribution in [0.15, 0.2) is 54.2 Å². The zero-order chi connectivity index (χ0) is 16.2. The van der Waals surface area contributed by atoms with E-state index in [1.54, 1.807) is 35.7 Å². The number of rotatable bonds is 4. The summed E-state index contributed by atoms with van der Waals surface area (Å²) in [6.07, 6.45) is 3.47. The van der Waals surface area contributed by atoms with Gasteiger partial charge in [-0.15, -0.1) is 11.3 Å². The van der Waals surface area contributed by atoms with Gasteiger partial charge in [-0.05, 0) is 47.0 Å². The number of pyridine rings is 1. The number of aromatic nitrogens is 1. The minimum Gasteiger partial charge on any atom is -0.331 e. The Balaban J connectivity index is 1.67. The zero-order valence-electron chi connectivity index (χ0n) is 13.2. The van der Waals surface area contributed by atoms with Crippen molar-refractivity contribution in [3.63, 3.8) is 0 Å². The number of fused-ring (bicyclic) bond motifs is 1. The maximum Gasteiger partial charge on any atom is 0.317 e. The van der Waals surface area contributed by atoms with E-state index in [9.17, 15) is 4.79 Å². The van der Waals surface area contributed by atoms with Crippen molar-refractivity contribution in [1.29, 1.82) is 0 Å². The van der Waals surface area contributed by atoms with Crippen molar-refractivity contribution >= 4 is 27.5 Å². The van der Waals surface area contributed by atoms with Crippen molar-refractivity contribution in [3.05, 3.63) is 65.3 Å². The second-order valence-corrected chi connectivity index (χ2v) is 6.48. The molecule has 2 amide bonds. The highest BCUT2D eigenvalue weighted by atomic mass is 32.1. The van der Waals surface area contributed by atoms with Crippen molar-refractivity contribution in [2.24, 2.45) is 0 Å². The number of amides is 2. The molecule has 0 saturated carbocycles. The summed E-state index contributed by atoms with van der Waals surface area (Å²) in [7, 11) is 1.80. The summed E-state index contributed by atoms with van der Waals surface area (Å²) in [5, 5.41) is 6.41. The molecule has 0 aliphatic carbocycles. The fourth-order valence-corrected chi connectivity index (χ4v) is 3.60. The van der Waals surface area contributed by atoms with Crippen molar-refractivity contribution in [2.75, 3.05) is 7.05 Å². The summed E-state index contributed by atoms with van der Waals surface area (Å²) in [6, 6.07) is 12.0. The lowest BCUT2D eigenvalue weighted by Crippen LogP contribution is -2.38. The molecule has 3 aromatic rings. The molecule has 1 N–H and O–H groups in total. The highest BCUT2D eigenvalue weighted by Crippen LogP contribution is 2.30. The van der Waals surface area contributed by atoms with E-state index in [1.165, 1.54) is 10.1 Å². The topological polar surface area (TPSA) is 45.2 Å². The summed E-state index contributed by atoms with van der Waals surface area (Å²) in [5.41, 5.74) is 2.22. The van der Waals surface area contributed by atoms with Gasteiger partial charge in [0.15, 0.2) is 0 Å². The molecule has 118 valence electrons. The normalized spacial score (nSPS) is 12.1. The zero-order valence-corrected chi connectivity index (χ0v) is 14.0. The average Bonchev–Trinajstić information content (AvgIpc) is 2.99. The van der Waals surface area contributed by atoms with Crippen LogP contribution in [-0.2, 0) is 6.54 Å². The van der Waals surface area contributed by atoms with Crippen molar-refractivity contribution in [3.8, 4) is 0 Å². The van der Waals surface area contributed by atoms with Crippen LogP contribution in [0.25, 0.3) is 10.1 Å². The third kappa shape index (κ3) is 3.51. The number of thiophene rings is 1. The highest BCUT2D eigenvalue weighted by molar-refractivity contribution is 7.17. The Labute approximate surface area is 139 Å². The standard InChI is InChI=1S/C18H19N3OS/c1-13(16-12-23-17-6-4-3-5-15(16)17)20-18(22)21(2)11-14-7-9-19-10-8-14/h3-10,12-13H,11H2,1-2H3,(H,20,22)/t13-/m1/s1. The number of hydrogen-bond acceptors (Lipinski definition) is 3. The third-order valence-electron chi connectivity index (χ3n) is 3.83. The molecule has 2 aromatic heterocycles. The molecule has 0 unspecified atom stereocenters. The van der Waals surface area contributed by atoms with Gasteiger partial charge < -0.3 is 10.2 Å². The fourth-order valence-electron chi connectivity index (χ4n) is 2.54. The van der Waals surface area contributed by atoms with E-state index in [0.29, 0.717) is 6.54 Å². The van der Waals surface area contributed by atoms with E-state index in [0.717, 1.165) is 11.1 Å². The number of nitrogens with zero attached hydrogens (tertiary/aromatic N) is 2. The molecule has 0 fully saturated rings. The number of carbonyl (C=O) groups is 1. The molecule has 0 aliphatic heterocycles. The molecule has 5 heteroatoms. The Morgan fingerprint density at radius 2 is 2.00 bits per heavy atom. The van der Waals surface area contributed by atoms with Gasteiger partial charge in [0.25, 0.3) is 0 Å². The Bertz CT molecular complexity index is 800. The first-order chi connectivity index (χ1) is 11.1. The molecule has 0 bridgehead atoms. The minimum absolute atomic E-state index is 0.0291. The van der Waals surface area contributed by atoms with Gasteiger partial charge >= 0.3 is 6.03 Å². The second-order valence-electron chi connectivity index (χ2n) is 5.57. The van der Waals surface area contributed by atoms with Crippen LogP contribution in [0.2, 0.25) is 0 Å². The Kier molecular flexibility index (Phi) is 4.57. The molecule has 3 rings (SSSR count). The molecular weight excluding hydrogens is 306 g/mol. The number of hydrogen-bond donors (Lipinski definition) is 1. The number of nitrogens with one attached hydrogen (secondary N) is 1. The van der Waals surface area contributed by atoms with Crippen LogP contribution in [0.3, 0.4) is 0 Å². The SMILES string of the molecule is C[C@@H](NC(=O)N(C)Cc1ccncc1)c1csc2ccccc12. The van der Waals surface area contributed by atoms with Crippen LogP contribution >= 0.6 is 11.3 Å². The quantitative estimate of drug-likeness (QED) is 0.781. The van der Waals surface area contributed by atoms with Crippen LogP contribution in [0.1, 0.15) is 24.1 Å². The van der Waals surface area contributed by atoms with Gasteiger partial charge in [-0.3, -0.25) is 4.98 Å². The lowest BCUT2D eigenvalue weighted by atomic mass is 10.1. The van der Waals surface area contributed by atoms with Crippen LogP contribution in [0.4, 0.5) is 4.79 Å². The Morgan fingerprint density at radius 1 is 1.26 bits per heavy atom. The van der Waals surface area contributed by atoms with E-state index in [2.05, 4.69) is 27.8 Å². The van der Waals surface area contributed by atoms with Crippen LogP contribution in [0, 0.1) is 0 Å². The monoisotopic (exact) mass is 325 g/mol. The lowest BCUT2D eigenvalue weighted by molar-refractivity contribution is 0.203. The van der Waals surface area contributed by atoms with Crippen molar-refractivity contribution in [1.82, 2.24) is 15.2 Å². The molecule has 0 radical (unpaired) electrons. The Morgan fingerprint density at radius 3 is 2.78 bits per heavy atom. The molecule has 0 saturated heterocycles. The third-order valence-corrected chi connectivity index (χ3v) is 4.81. The predicted octanol–water partition coefficient (Wildman–Crippen LogP) is 4.20. The molecule has 1 atom stereocenters. The lowest BCUT2D eigenvalue weighted by Gasteiger charge is -2.21. The minimum atomic E-state index is -0.0791. The molecule has 23 heavy (non-hydrogen) atoms. The summed E-state index contributed by atoms with van der Waals surface area (Å²) < 4.78 is 1.24. The van der Waals surface area contributed by atoms with Gasteiger partial charge in [0.05, 0.1) is 6.04 Å². The van der Waals surface area contributed by atoms with Crippen LogP contribution < -0.4 is 5.32 Å². The van der Waals surface area contributed by atoms with Crippen molar-refractivity contribution in [2.45, 2.75) is 19.5 Å². The van der Waals surface area contributed by atoms with E-state index in [4.69, 9.17) is 0 Å². The van der Waals surface area contributed by atoms with Gasteiger partial charge in [-0.1, -0.05) is 18.2 Å². The van der Waals surface area contributed by atoms with Gasteiger partial charge in [-0.25, -0.2) is 4.79 Å². The smallest absolute Gasteiger partial charge is 0.317 e. The molecular formula is C18H19N3OS. The van der Waals surface area contributed by atoms with E-state index >= 15 is 0 Å². The molecule has 2 heterocycles. The number of urea groups is 1. The van der Waals surface area contributed by atoms with E-state index < -0.39 is 0 Å². The summed E-state index contributed by atoms with van der Waals surface area (Å²) in [5.74, 6) is 0. The molecule has 0 spiro atoms. The molecule has 4 nitrogen and oxygen atoms in total. The first-order valence-electron chi connectivity index (χ1n) is 7.52. The number of benzene rings is 1. The number of carbonyl (C=O) groups excluding carboxylic acids is 1. The van der Waals surface area contributed by atoms with Gasteiger partial charge in [0, 0.05) is 30.7 Å². The van der Waals surface area contributed by atoms with E-state index in [1.807, 2.05) is 31.2 Å².